The van der Waals surface area contributed by atoms with Gasteiger partial charge >= 0.3 is 5.97 Å². The summed E-state index contributed by atoms with van der Waals surface area (Å²) in [7, 11) is 1.53. The van der Waals surface area contributed by atoms with Gasteiger partial charge in [-0.05, 0) is 13.0 Å². The van der Waals surface area contributed by atoms with Gasteiger partial charge in [0.15, 0.2) is 0 Å². The maximum Gasteiger partial charge on any atom is 0.316 e. The van der Waals surface area contributed by atoms with Crippen molar-refractivity contribution in [2.24, 2.45) is 0 Å². The Morgan fingerprint density at radius 2 is 2.31 bits per heavy atom. The quantitative estimate of drug-likeness (QED) is 0.620. The Labute approximate surface area is 98.3 Å². The first kappa shape index (κ1) is 12.6. The standard InChI is InChI=1S/C10H14N2O3S/c1-3-15-9(13)6-16-10-7(11)4-5-8(12-10)14-2/h4-5H,3,6,11H2,1-2H3. The topological polar surface area (TPSA) is 74.4 Å². The Balaban J connectivity index is 2.62. The SMILES string of the molecule is CCOC(=O)CSc1nc(OC)ccc1N. The zero-order valence-electron chi connectivity index (χ0n) is 9.23. The van der Waals surface area contributed by atoms with Crippen LogP contribution in [-0.4, -0.2) is 30.4 Å². The van der Waals surface area contributed by atoms with E-state index in [0.29, 0.717) is 23.2 Å². The molecule has 88 valence electrons. The molecule has 0 radical (unpaired) electrons. The molecule has 0 aliphatic heterocycles. The number of nitrogens with two attached hydrogens (primary N) is 1. The van der Waals surface area contributed by atoms with Crippen LogP contribution >= 0.6 is 11.8 Å². The molecular weight excluding hydrogens is 228 g/mol. The van der Waals surface area contributed by atoms with Crippen molar-refractivity contribution in [2.45, 2.75) is 11.9 Å². The van der Waals surface area contributed by atoms with Gasteiger partial charge in [0.2, 0.25) is 5.88 Å². The number of hydrogen-bond acceptors (Lipinski definition) is 6. The average Bonchev–Trinajstić information content (AvgIpc) is 2.28. The van der Waals surface area contributed by atoms with Crippen molar-refractivity contribution in [3.8, 4) is 5.88 Å². The molecule has 1 aromatic heterocycles. The van der Waals surface area contributed by atoms with Crippen LogP contribution in [0.2, 0.25) is 0 Å². The molecule has 0 atom stereocenters. The average molecular weight is 242 g/mol. The summed E-state index contributed by atoms with van der Waals surface area (Å²) < 4.78 is 9.77. The van der Waals surface area contributed by atoms with E-state index in [1.54, 1.807) is 19.1 Å². The second-order valence-corrected chi connectivity index (χ2v) is 3.81. The molecule has 0 bridgehead atoms. The number of ether oxygens (including phenoxy) is 2. The highest BCUT2D eigenvalue weighted by molar-refractivity contribution is 8.00. The molecule has 0 aliphatic carbocycles. The van der Waals surface area contributed by atoms with Gasteiger partial charge < -0.3 is 15.2 Å². The molecular formula is C10H14N2O3S. The molecule has 0 spiro atoms. The minimum atomic E-state index is -0.281. The van der Waals surface area contributed by atoms with Crippen molar-refractivity contribution < 1.29 is 14.3 Å². The predicted molar refractivity (Wildman–Crippen MR) is 62.6 cm³/mol. The number of hydrogen-bond donors (Lipinski definition) is 1. The Bertz CT molecular complexity index is 371. The van der Waals surface area contributed by atoms with Gasteiger partial charge in [-0.15, -0.1) is 0 Å². The molecule has 1 rings (SSSR count). The summed E-state index contributed by atoms with van der Waals surface area (Å²) in [6, 6.07) is 3.36. The number of thioether (sulfide) groups is 1. The van der Waals surface area contributed by atoms with Crippen LogP contribution < -0.4 is 10.5 Å². The van der Waals surface area contributed by atoms with Crippen LogP contribution in [0.25, 0.3) is 0 Å². The molecule has 1 aromatic rings. The molecule has 5 nitrogen and oxygen atoms in total. The second kappa shape index (κ2) is 6.22. The smallest absolute Gasteiger partial charge is 0.316 e. The first-order chi connectivity index (χ1) is 7.67. The highest BCUT2D eigenvalue weighted by Crippen LogP contribution is 2.25. The van der Waals surface area contributed by atoms with E-state index in [2.05, 4.69) is 4.98 Å². The van der Waals surface area contributed by atoms with E-state index in [9.17, 15) is 4.79 Å². The summed E-state index contributed by atoms with van der Waals surface area (Å²) in [5.41, 5.74) is 6.24. The van der Waals surface area contributed by atoms with Crippen molar-refractivity contribution in [3.05, 3.63) is 12.1 Å². The van der Waals surface area contributed by atoms with Crippen LogP contribution in [0.15, 0.2) is 17.2 Å². The maximum atomic E-state index is 11.1. The third kappa shape index (κ3) is 3.62. The van der Waals surface area contributed by atoms with Crippen molar-refractivity contribution >= 4 is 23.4 Å². The van der Waals surface area contributed by atoms with Gasteiger partial charge in [0, 0.05) is 6.07 Å². The van der Waals surface area contributed by atoms with Crippen LogP contribution in [0.3, 0.4) is 0 Å². The highest BCUT2D eigenvalue weighted by Gasteiger charge is 2.08. The summed E-state index contributed by atoms with van der Waals surface area (Å²) in [5.74, 6) is 0.384. The van der Waals surface area contributed by atoms with E-state index in [4.69, 9.17) is 15.2 Å². The zero-order valence-corrected chi connectivity index (χ0v) is 10.0. The number of methoxy groups -OCH3 is 1. The summed E-state index contributed by atoms with van der Waals surface area (Å²) in [4.78, 5) is 15.3. The van der Waals surface area contributed by atoms with Crippen molar-refractivity contribution in [3.63, 3.8) is 0 Å². The van der Waals surface area contributed by atoms with Gasteiger partial charge in [-0.25, -0.2) is 4.98 Å². The van der Waals surface area contributed by atoms with Gasteiger partial charge in [0.05, 0.1) is 25.2 Å². The predicted octanol–water partition coefficient (Wildman–Crippen LogP) is 1.33. The molecule has 0 amide bonds. The Kier molecular flexibility index (Phi) is 4.91. The lowest BCUT2D eigenvalue weighted by Crippen LogP contribution is -2.07. The molecule has 16 heavy (non-hydrogen) atoms. The van der Waals surface area contributed by atoms with Gasteiger partial charge in [0.1, 0.15) is 5.03 Å². The Morgan fingerprint density at radius 3 is 2.94 bits per heavy atom. The molecule has 0 aromatic carbocycles. The summed E-state index contributed by atoms with van der Waals surface area (Å²) in [6.45, 7) is 2.14. The van der Waals surface area contributed by atoms with Crippen molar-refractivity contribution in [1.82, 2.24) is 4.98 Å². The lowest BCUT2D eigenvalue weighted by atomic mass is 10.4. The van der Waals surface area contributed by atoms with Gasteiger partial charge in [-0.2, -0.15) is 0 Å². The number of carbonyl (C=O) groups excluding carboxylic acids is 1. The summed E-state index contributed by atoms with van der Waals surface area (Å²) in [5, 5.41) is 0.576. The van der Waals surface area contributed by atoms with Crippen molar-refractivity contribution in [1.29, 1.82) is 0 Å². The first-order valence-electron chi connectivity index (χ1n) is 4.76. The van der Waals surface area contributed by atoms with Gasteiger partial charge in [-0.1, -0.05) is 11.8 Å². The van der Waals surface area contributed by atoms with E-state index in [1.165, 1.54) is 18.9 Å². The van der Waals surface area contributed by atoms with Crippen LogP contribution in [-0.2, 0) is 9.53 Å². The van der Waals surface area contributed by atoms with E-state index >= 15 is 0 Å². The fourth-order valence-electron chi connectivity index (χ4n) is 0.993. The maximum absolute atomic E-state index is 11.1. The van der Waals surface area contributed by atoms with Crippen LogP contribution in [0.5, 0.6) is 5.88 Å². The molecule has 0 fully saturated rings. The zero-order chi connectivity index (χ0) is 12.0. The highest BCUT2D eigenvalue weighted by atomic mass is 32.2. The third-order valence-electron chi connectivity index (χ3n) is 1.71. The number of nitrogens with zero attached hydrogens (tertiary/aromatic N) is 1. The number of anilines is 1. The van der Waals surface area contributed by atoms with Crippen LogP contribution in [0, 0.1) is 0 Å². The lowest BCUT2D eigenvalue weighted by Gasteiger charge is -2.06. The fraction of sp³-hybridized carbons (Fsp3) is 0.400. The number of rotatable bonds is 5. The fourth-order valence-corrected chi connectivity index (χ4v) is 1.72. The number of pyridine rings is 1. The molecule has 0 saturated carbocycles. The van der Waals surface area contributed by atoms with E-state index in [1.807, 2.05) is 0 Å². The Hall–Kier alpha value is -1.43. The molecule has 1 heterocycles. The second-order valence-electron chi connectivity index (χ2n) is 2.84. The minimum absolute atomic E-state index is 0.193. The van der Waals surface area contributed by atoms with Crippen LogP contribution in [0.4, 0.5) is 5.69 Å². The first-order valence-corrected chi connectivity index (χ1v) is 5.74. The monoisotopic (exact) mass is 242 g/mol. The van der Waals surface area contributed by atoms with Gasteiger partial charge in [0.25, 0.3) is 0 Å². The molecule has 0 aliphatic rings. The van der Waals surface area contributed by atoms with Crippen LogP contribution in [0.1, 0.15) is 6.92 Å². The normalized spacial score (nSPS) is 9.88. The molecule has 2 N–H and O–H groups in total. The third-order valence-corrected chi connectivity index (χ3v) is 2.69. The summed E-state index contributed by atoms with van der Waals surface area (Å²) >= 11 is 1.23. The lowest BCUT2D eigenvalue weighted by molar-refractivity contribution is -0.139. The van der Waals surface area contributed by atoms with Gasteiger partial charge in [-0.3, -0.25) is 4.79 Å². The number of carbonyl (C=O) groups is 1. The van der Waals surface area contributed by atoms with Crippen molar-refractivity contribution in [2.75, 3.05) is 25.2 Å². The molecule has 6 heteroatoms. The Morgan fingerprint density at radius 1 is 1.56 bits per heavy atom. The minimum Gasteiger partial charge on any atom is -0.481 e. The number of aromatic nitrogens is 1. The summed E-state index contributed by atoms with van der Waals surface area (Å²) in [6.07, 6.45) is 0. The van der Waals surface area contributed by atoms with E-state index in [0.717, 1.165) is 0 Å². The molecule has 0 saturated heterocycles. The number of nitrogen functional groups attached to an aromatic ring is 1. The molecule has 0 unspecified atom stereocenters. The number of esters is 1. The van der Waals surface area contributed by atoms with E-state index in [-0.39, 0.29) is 11.7 Å². The van der Waals surface area contributed by atoms with E-state index < -0.39 is 0 Å². The largest absolute Gasteiger partial charge is 0.481 e.